The summed E-state index contributed by atoms with van der Waals surface area (Å²) in [5, 5.41) is 0. The van der Waals surface area contributed by atoms with E-state index in [0.717, 1.165) is 25.0 Å². The molecule has 94 valence electrons. The van der Waals surface area contributed by atoms with Crippen LogP contribution in [0.25, 0.3) is 0 Å². The Balaban J connectivity index is 2.88. The van der Waals surface area contributed by atoms with Gasteiger partial charge in [0.15, 0.2) is 0 Å². The van der Waals surface area contributed by atoms with Gasteiger partial charge in [0.1, 0.15) is 5.75 Å². The van der Waals surface area contributed by atoms with E-state index in [2.05, 4.69) is 51.1 Å². The first kappa shape index (κ1) is 13.8. The van der Waals surface area contributed by atoms with Crippen LogP contribution in [0.2, 0.25) is 0 Å². The fourth-order valence-corrected chi connectivity index (χ4v) is 1.98. The summed E-state index contributed by atoms with van der Waals surface area (Å²) in [5.41, 5.74) is 2.71. The lowest BCUT2D eigenvalue weighted by atomic mass is 9.94. The van der Waals surface area contributed by atoms with Gasteiger partial charge in [-0.15, -0.1) is 0 Å². The molecule has 1 atom stereocenters. The number of ether oxygens (including phenoxy) is 1. The Morgan fingerprint density at radius 2 is 2.00 bits per heavy atom. The van der Waals surface area contributed by atoms with Crippen molar-refractivity contribution in [3.63, 3.8) is 0 Å². The maximum absolute atomic E-state index is 5.45. The van der Waals surface area contributed by atoms with Crippen molar-refractivity contribution >= 4 is 0 Å². The molecule has 0 aliphatic heterocycles. The average Bonchev–Trinajstić information content (AvgIpc) is 2.38. The fraction of sp³-hybridized carbons (Fsp3) is 0.500. The molecule has 0 aromatic heterocycles. The zero-order valence-corrected chi connectivity index (χ0v) is 11.5. The Labute approximate surface area is 106 Å². The monoisotopic (exact) mass is 232 g/mol. The molecule has 1 rings (SSSR count). The third kappa shape index (κ3) is 3.92. The SMILES string of the molecule is CC/C=C\CC(C)c1cc(CC)ccc1OC. The summed E-state index contributed by atoms with van der Waals surface area (Å²) in [5.74, 6) is 1.53. The van der Waals surface area contributed by atoms with E-state index in [1.807, 2.05) is 0 Å². The summed E-state index contributed by atoms with van der Waals surface area (Å²) in [6.45, 7) is 6.62. The predicted molar refractivity (Wildman–Crippen MR) is 74.8 cm³/mol. The topological polar surface area (TPSA) is 9.23 Å². The van der Waals surface area contributed by atoms with Gasteiger partial charge in [0.05, 0.1) is 7.11 Å². The molecule has 1 unspecified atom stereocenters. The van der Waals surface area contributed by atoms with Crippen LogP contribution >= 0.6 is 0 Å². The van der Waals surface area contributed by atoms with Crippen LogP contribution in [0.4, 0.5) is 0 Å². The lowest BCUT2D eigenvalue weighted by Gasteiger charge is -2.15. The van der Waals surface area contributed by atoms with Crippen LogP contribution in [0.1, 0.15) is 50.7 Å². The van der Waals surface area contributed by atoms with Crippen LogP contribution < -0.4 is 4.74 Å². The van der Waals surface area contributed by atoms with Crippen LogP contribution in [0, 0.1) is 0 Å². The summed E-state index contributed by atoms with van der Waals surface area (Å²) in [7, 11) is 1.75. The molecule has 0 amide bonds. The number of methoxy groups -OCH3 is 1. The molecule has 17 heavy (non-hydrogen) atoms. The number of allylic oxidation sites excluding steroid dienone is 2. The van der Waals surface area contributed by atoms with Gasteiger partial charge in [-0.05, 0) is 42.4 Å². The molecule has 1 heteroatoms. The molecule has 0 bridgehead atoms. The van der Waals surface area contributed by atoms with Crippen molar-refractivity contribution in [2.24, 2.45) is 0 Å². The molecule has 0 fully saturated rings. The van der Waals surface area contributed by atoms with Gasteiger partial charge in [-0.25, -0.2) is 0 Å². The van der Waals surface area contributed by atoms with E-state index in [1.165, 1.54) is 11.1 Å². The molecule has 0 aliphatic rings. The van der Waals surface area contributed by atoms with E-state index >= 15 is 0 Å². The van der Waals surface area contributed by atoms with Crippen molar-refractivity contribution in [2.45, 2.75) is 46.0 Å². The quantitative estimate of drug-likeness (QED) is 0.645. The Hall–Kier alpha value is -1.24. The summed E-state index contributed by atoms with van der Waals surface area (Å²) in [6.07, 6.45) is 7.76. The molecule has 0 spiro atoms. The maximum Gasteiger partial charge on any atom is 0.122 e. The van der Waals surface area contributed by atoms with Crippen LogP contribution in [0.15, 0.2) is 30.4 Å². The van der Waals surface area contributed by atoms with E-state index in [9.17, 15) is 0 Å². The zero-order chi connectivity index (χ0) is 12.7. The van der Waals surface area contributed by atoms with Gasteiger partial charge in [0, 0.05) is 0 Å². The lowest BCUT2D eigenvalue weighted by Crippen LogP contribution is -1.98. The summed E-state index contributed by atoms with van der Waals surface area (Å²) in [4.78, 5) is 0. The molecule has 0 N–H and O–H groups in total. The van der Waals surface area contributed by atoms with Gasteiger partial charge in [0.25, 0.3) is 0 Å². The summed E-state index contributed by atoms with van der Waals surface area (Å²) >= 11 is 0. The fourth-order valence-electron chi connectivity index (χ4n) is 1.98. The molecular formula is C16H24O. The zero-order valence-electron chi connectivity index (χ0n) is 11.5. The highest BCUT2D eigenvalue weighted by Crippen LogP contribution is 2.30. The summed E-state index contributed by atoms with van der Waals surface area (Å²) < 4.78 is 5.45. The minimum absolute atomic E-state index is 0.513. The highest BCUT2D eigenvalue weighted by atomic mass is 16.5. The minimum atomic E-state index is 0.513. The van der Waals surface area contributed by atoms with Crippen molar-refractivity contribution in [3.05, 3.63) is 41.5 Å². The third-order valence-corrected chi connectivity index (χ3v) is 3.13. The molecule has 1 nitrogen and oxygen atoms in total. The highest BCUT2D eigenvalue weighted by Gasteiger charge is 2.10. The number of benzene rings is 1. The minimum Gasteiger partial charge on any atom is -0.496 e. The average molecular weight is 232 g/mol. The van der Waals surface area contributed by atoms with Crippen LogP contribution in [-0.2, 0) is 6.42 Å². The van der Waals surface area contributed by atoms with E-state index in [1.54, 1.807) is 7.11 Å². The molecule has 0 heterocycles. The maximum atomic E-state index is 5.45. The van der Waals surface area contributed by atoms with E-state index in [0.29, 0.717) is 5.92 Å². The Bertz CT molecular complexity index is 366. The standard InChI is InChI=1S/C16H24O/c1-5-7-8-9-13(3)15-12-14(6-2)10-11-16(15)17-4/h7-8,10-13H,5-6,9H2,1-4H3/b8-7-. The molecular weight excluding hydrogens is 208 g/mol. The van der Waals surface area contributed by atoms with Gasteiger partial charge in [-0.2, -0.15) is 0 Å². The second-order valence-electron chi connectivity index (χ2n) is 4.45. The molecule has 0 saturated heterocycles. The van der Waals surface area contributed by atoms with E-state index < -0.39 is 0 Å². The number of hydrogen-bond acceptors (Lipinski definition) is 1. The smallest absolute Gasteiger partial charge is 0.122 e. The Kier molecular flexibility index (Phi) is 5.82. The van der Waals surface area contributed by atoms with Crippen molar-refractivity contribution < 1.29 is 4.74 Å². The predicted octanol–water partition coefficient (Wildman–Crippen LogP) is 4.72. The first-order valence-electron chi connectivity index (χ1n) is 6.54. The molecule has 0 saturated carbocycles. The van der Waals surface area contributed by atoms with Crippen LogP contribution in [0.3, 0.4) is 0 Å². The van der Waals surface area contributed by atoms with Gasteiger partial charge in [-0.3, -0.25) is 0 Å². The van der Waals surface area contributed by atoms with Crippen molar-refractivity contribution in [2.75, 3.05) is 7.11 Å². The normalized spacial score (nSPS) is 12.9. The van der Waals surface area contributed by atoms with Gasteiger partial charge >= 0.3 is 0 Å². The number of aryl methyl sites for hydroxylation is 1. The van der Waals surface area contributed by atoms with Crippen molar-refractivity contribution in [1.82, 2.24) is 0 Å². The van der Waals surface area contributed by atoms with Crippen molar-refractivity contribution in [1.29, 1.82) is 0 Å². The van der Waals surface area contributed by atoms with Crippen LogP contribution in [0.5, 0.6) is 5.75 Å². The number of hydrogen-bond donors (Lipinski definition) is 0. The third-order valence-electron chi connectivity index (χ3n) is 3.13. The first-order valence-corrected chi connectivity index (χ1v) is 6.54. The molecule has 1 aromatic rings. The lowest BCUT2D eigenvalue weighted by molar-refractivity contribution is 0.406. The Morgan fingerprint density at radius 1 is 1.24 bits per heavy atom. The molecule has 0 radical (unpaired) electrons. The molecule has 0 aliphatic carbocycles. The van der Waals surface area contributed by atoms with Gasteiger partial charge in [0.2, 0.25) is 0 Å². The summed E-state index contributed by atoms with van der Waals surface area (Å²) in [6, 6.07) is 6.52. The Morgan fingerprint density at radius 3 is 2.59 bits per heavy atom. The first-order chi connectivity index (χ1) is 8.22. The van der Waals surface area contributed by atoms with Gasteiger partial charge < -0.3 is 4.74 Å². The second-order valence-corrected chi connectivity index (χ2v) is 4.45. The van der Waals surface area contributed by atoms with Gasteiger partial charge in [-0.1, -0.05) is 45.1 Å². The van der Waals surface area contributed by atoms with E-state index in [4.69, 9.17) is 4.74 Å². The van der Waals surface area contributed by atoms with Crippen LogP contribution in [-0.4, -0.2) is 7.11 Å². The second kappa shape index (κ2) is 7.16. The highest BCUT2D eigenvalue weighted by molar-refractivity contribution is 5.39. The van der Waals surface area contributed by atoms with E-state index in [-0.39, 0.29) is 0 Å². The number of rotatable bonds is 6. The molecule has 1 aromatic carbocycles. The van der Waals surface area contributed by atoms with Crippen molar-refractivity contribution in [3.8, 4) is 5.75 Å². The largest absolute Gasteiger partial charge is 0.496 e.